The first kappa shape index (κ1) is 11.6. The summed E-state index contributed by atoms with van der Waals surface area (Å²) in [6.07, 6.45) is -3.65. The van der Waals surface area contributed by atoms with E-state index < -0.39 is 6.29 Å². The second-order valence-corrected chi connectivity index (χ2v) is 3.46. The van der Waals surface area contributed by atoms with Gasteiger partial charge in [-0.3, -0.25) is 4.74 Å². The molecule has 0 saturated heterocycles. The Kier molecular flexibility index (Phi) is 2.85. The molecular formula is C12H10F2O3. The Bertz CT molecular complexity index is 540. The lowest BCUT2D eigenvalue weighted by Gasteiger charge is -2.15. The maximum Gasteiger partial charge on any atom is 0.535 e. The van der Waals surface area contributed by atoms with Gasteiger partial charge in [0.25, 0.3) is 0 Å². The average Bonchev–Trinajstić information content (AvgIpc) is 2.29. The van der Waals surface area contributed by atoms with E-state index in [1.54, 1.807) is 12.1 Å². The normalized spacial score (nSPS) is 11.7. The maximum atomic E-state index is 12.8. The van der Waals surface area contributed by atoms with Crippen LogP contribution in [0.1, 0.15) is 0 Å². The third kappa shape index (κ3) is 2.62. The molecule has 0 aromatic heterocycles. The summed E-state index contributed by atoms with van der Waals surface area (Å²) in [5.74, 6) is 0.114. The van der Waals surface area contributed by atoms with Crippen molar-refractivity contribution in [2.75, 3.05) is 7.11 Å². The predicted molar refractivity (Wildman–Crippen MR) is 58.2 cm³/mol. The first-order chi connectivity index (χ1) is 8.00. The largest absolute Gasteiger partial charge is 0.535 e. The number of rotatable bonds is 3. The highest BCUT2D eigenvalue weighted by molar-refractivity contribution is 5.85. The molecule has 0 unspecified atom stereocenters. The molecule has 0 heterocycles. The molecule has 3 nitrogen and oxygen atoms in total. The van der Waals surface area contributed by atoms with Gasteiger partial charge in [-0.15, -0.1) is 8.78 Å². The summed E-state index contributed by atoms with van der Waals surface area (Å²) in [4.78, 5) is 0. The highest BCUT2D eigenvalue weighted by Gasteiger charge is 2.31. The summed E-state index contributed by atoms with van der Waals surface area (Å²) in [6, 6.07) is 9.03. The van der Waals surface area contributed by atoms with Crippen LogP contribution in [0.5, 0.6) is 11.5 Å². The van der Waals surface area contributed by atoms with Crippen molar-refractivity contribution in [1.29, 1.82) is 0 Å². The maximum absolute atomic E-state index is 12.8. The van der Waals surface area contributed by atoms with E-state index in [4.69, 9.17) is 0 Å². The van der Waals surface area contributed by atoms with Crippen LogP contribution in [0.15, 0.2) is 36.4 Å². The van der Waals surface area contributed by atoms with Crippen LogP contribution in [-0.2, 0) is 4.74 Å². The third-order valence-corrected chi connectivity index (χ3v) is 2.27. The number of methoxy groups -OCH3 is 1. The van der Waals surface area contributed by atoms with Crippen molar-refractivity contribution in [1.82, 2.24) is 0 Å². The number of aromatic hydroxyl groups is 1. The molecule has 17 heavy (non-hydrogen) atoms. The Morgan fingerprint density at radius 2 is 1.71 bits per heavy atom. The molecule has 0 amide bonds. The molecule has 90 valence electrons. The Labute approximate surface area is 96.2 Å². The van der Waals surface area contributed by atoms with Gasteiger partial charge in [0.1, 0.15) is 11.5 Å². The number of hydrogen-bond acceptors (Lipinski definition) is 3. The molecule has 0 fully saturated rings. The van der Waals surface area contributed by atoms with Crippen LogP contribution in [0.3, 0.4) is 0 Å². The number of fused-ring (bicyclic) bond motifs is 1. The number of ether oxygens (including phenoxy) is 2. The van der Waals surface area contributed by atoms with E-state index in [1.165, 1.54) is 24.3 Å². The molecule has 2 rings (SSSR count). The zero-order valence-corrected chi connectivity index (χ0v) is 8.98. The van der Waals surface area contributed by atoms with E-state index in [0.29, 0.717) is 5.39 Å². The number of benzene rings is 2. The molecule has 0 aliphatic carbocycles. The van der Waals surface area contributed by atoms with Gasteiger partial charge in [-0.2, -0.15) is 0 Å². The molecule has 0 bridgehead atoms. The monoisotopic (exact) mass is 240 g/mol. The van der Waals surface area contributed by atoms with E-state index >= 15 is 0 Å². The van der Waals surface area contributed by atoms with Gasteiger partial charge in [-0.05, 0) is 35.0 Å². The van der Waals surface area contributed by atoms with Gasteiger partial charge in [0.15, 0.2) is 0 Å². The van der Waals surface area contributed by atoms with Crippen LogP contribution in [0.4, 0.5) is 8.78 Å². The summed E-state index contributed by atoms with van der Waals surface area (Å²) >= 11 is 0. The van der Waals surface area contributed by atoms with Gasteiger partial charge >= 0.3 is 6.29 Å². The third-order valence-electron chi connectivity index (χ3n) is 2.27. The second kappa shape index (κ2) is 4.18. The van der Waals surface area contributed by atoms with E-state index in [-0.39, 0.29) is 11.5 Å². The molecule has 2 aromatic carbocycles. The Morgan fingerprint density at radius 1 is 1.06 bits per heavy atom. The van der Waals surface area contributed by atoms with E-state index in [1.807, 2.05) is 0 Å². The van der Waals surface area contributed by atoms with Gasteiger partial charge in [-0.1, -0.05) is 12.1 Å². The van der Waals surface area contributed by atoms with Crippen LogP contribution >= 0.6 is 0 Å². The van der Waals surface area contributed by atoms with Gasteiger partial charge in [0.2, 0.25) is 0 Å². The summed E-state index contributed by atoms with van der Waals surface area (Å²) < 4.78 is 33.9. The molecule has 0 radical (unpaired) electrons. The van der Waals surface area contributed by atoms with Crippen molar-refractivity contribution in [3.05, 3.63) is 36.4 Å². The first-order valence-corrected chi connectivity index (χ1v) is 4.85. The van der Waals surface area contributed by atoms with Gasteiger partial charge < -0.3 is 9.84 Å². The van der Waals surface area contributed by atoms with Crippen LogP contribution in [0.25, 0.3) is 10.8 Å². The summed E-state index contributed by atoms with van der Waals surface area (Å²) in [7, 11) is 0.860. The molecule has 0 aliphatic heterocycles. The van der Waals surface area contributed by atoms with Crippen LogP contribution in [0.2, 0.25) is 0 Å². The summed E-state index contributed by atoms with van der Waals surface area (Å²) in [6.45, 7) is 0. The molecule has 2 aromatic rings. The number of hydrogen-bond donors (Lipinski definition) is 1. The number of phenols is 1. The fourth-order valence-electron chi connectivity index (χ4n) is 1.45. The highest BCUT2D eigenvalue weighted by Crippen LogP contribution is 2.27. The van der Waals surface area contributed by atoms with Crippen LogP contribution < -0.4 is 4.74 Å². The highest BCUT2D eigenvalue weighted by atomic mass is 19.3. The van der Waals surface area contributed by atoms with Gasteiger partial charge in [-0.25, -0.2) is 0 Å². The van der Waals surface area contributed by atoms with E-state index in [9.17, 15) is 13.9 Å². The Balaban J connectivity index is 2.35. The minimum Gasteiger partial charge on any atom is -0.508 e. The summed E-state index contributed by atoms with van der Waals surface area (Å²) in [5.41, 5.74) is 0. The minimum atomic E-state index is -3.65. The number of phenolic OH excluding ortho intramolecular Hbond substituents is 1. The lowest BCUT2D eigenvalue weighted by Crippen LogP contribution is -2.26. The van der Waals surface area contributed by atoms with E-state index in [0.717, 1.165) is 12.5 Å². The predicted octanol–water partition coefficient (Wildman–Crippen LogP) is 3.12. The smallest absolute Gasteiger partial charge is 0.508 e. The van der Waals surface area contributed by atoms with Crippen LogP contribution in [-0.4, -0.2) is 18.5 Å². The van der Waals surface area contributed by atoms with Crippen LogP contribution in [0, 0.1) is 0 Å². The first-order valence-electron chi connectivity index (χ1n) is 4.85. The number of halogens is 2. The van der Waals surface area contributed by atoms with Crippen molar-refractivity contribution in [3.63, 3.8) is 0 Å². The standard InChI is InChI=1S/C12H10F2O3/c1-16-12(13,14)17-11-5-3-8-6-10(15)4-2-9(8)7-11/h2-7,15H,1H3. The lowest BCUT2D eigenvalue weighted by molar-refractivity contribution is -0.342. The molecular weight excluding hydrogens is 230 g/mol. The topological polar surface area (TPSA) is 38.7 Å². The molecule has 0 saturated carbocycles. The molecule has 0 atom stereocenters. The summed E-state index contributed by atoms with van der Waals surface area (Å²) in [5, 5.41) is 10.7. The quantitative estimate of drug-likeness (QED) is 0.838. The van der Waals surface area contributed by atoms with Crippen molar-refractivity contribution >= 4 is 10.8 Å². The second-order valence-electron chi connectivity index (χ2n) is 3.46. The van der Waals surface area contributed by atoms with Gasteiger partial charge in [0.05, 0.1) is 0 Å². The zero-order chi connectivity index (χ0) is 12.5. The van der Waals surface area contributed by atoms with E-state index in [2.05, 4.69) is 9.47 Å². The number of alkyl halides is 2. The Morgan fingerprint density at radius 3 is 2.41 bits per heavy atom. The fraction of sp³-hybridized carbons (Fsp3) is 0.167. The molecule has 5 heteroatoms. The van der Waals surface area contributed by atoms with Gasteiger partial charge in [0, 0.05) is 7.11 Å². The van der Waals surface area contributed by atoms with Crippen molar-refractivity contribution in [2.24, 2.45) is 0 Å². The fourth-order valence-corrected chi connectivity index (χ4v) is 1.45. The molecule has 0 spiro atoms. The zero-order valence-electron chi connectivity index (χ0n) is 8.98. The lowest BCUT2D eigenvalue weighted by atomic mass is 10.1. The average molecular weight is 240 g/mol. The Hall–Kier alpha value is -1.88. The van der Waals surface area contributed by atoms with Crippen molar-refractivity contribution in [2.45, 2.75) is 6.29 Å². The van der Waals surface area contributed by atoms with Crippen molar-refractivity contribution < 1.29 is 23.4 Å². The molecule has 1 N–H and O–H groups in total. The minimum absolute atomic E-state index is 0.00459. The SMILES string of the molecule is COC(F)(F)Oc1ccc2cc(O)ccc2c1. The molecule has 0 aliphatic rings. The van der Waals surface area contributed by atoms with Crippen molar-refractivity contribution in [3.8, 4) is 11.5 Å².